The van der Waals surface area contributed by atoms with Gasteiger partial charge < -0.3 is 0 Å². The van der Waals surface area contributed by atoms with E-state index in [0.717, 1.165) is 5.69 Å². The number of nitrogens with one attached hydrogen (secondary N) is 1. The van der Waals surface area contributed by atoms with Crippen LogP contribution < -0.4 is 4.52 Å². The maximum atomic E-state index is 11.8. The number of hydrogen-bond acceptors (Lipinski definition) is 5. The van der Waals surface area contributed by atoms with Gasteiger partial charge in [0.05, 0.1) is 5.69 Å². The smallest absolute Gasteiger partial charge is 0.294 e. The molecular weight excluding hydrogens is 339 g/mol. The highest BCUT2D eigenvalue weighted by molar-refractivity contribution is 7.33. The van der Waals surface area contributed by atoms with Crippen molar-refractivity contribution in [1.82, 2.24) is 19.8 Å². The lowest BCUT2D eigenvalue weighted by Crippen LogP contribution is -2.07. The number of H-pyrrole nitrogens is 1. The first-order valence-electron chi connectivity index (χ1n) is 6.98. The van der Waals surface area contributed by atoms with Gasteiger partial charge >= 0.3 is 8.25 Å². The van der Waals surface area contributed by atoms with E-state index >= 15 is 0 Å². The zero-order valence-corrected chi connectivity index (χ0v) is 14.2. The Morgan fingerprint density at radius 3 is 2.83 bits per heavy atom. The van der Waals surface area contributed by atoms with Crippen molar-refractivity contribution in [2.45, 2.75) is 19.8 Å². The second kappa shape index (κ2) is 6.66. The summed E-state index contributed by atoms with van der Waals surface area (Å²) in [7, 11) is -2.25. The van der Waals surface area contributed by atoms with E-state index < -0.39 is 8.25 Å². The van der Waals surface area contributed by atoms with Crippen molar-refractivity contribution in [2.24, 2.45) is 0 Å². The lowest BCUT2D eigenvalue weighted by atomic mass is 10.2. The molecule has 7 nitrogen and oxygen atoms in total. The van der Waals surface area contributed by atoms with Gasteiger partial charge in [0.1, 0.15) is 11.6 Å². The van der Waals surface area contributed by atoms with Crippen molar-refractivity contribution in [3.8, 4) is 5.75 Å². The van der Waals surface area contributed by atoms with Gasteiger partial charge in [0.25, 0.3) is 0 Å². The Labute approximate surface area is 138 Å². The van der Waals surface area contributed by atoms with Crippen molar-refractivity contribution >= 4 is 25.5 Å². The largest absolute Gasteiger partial charge is 0.750 e. The van der Waals surface area contributed by atoms with Gasteiger partial charge in [0, 0.05) is 10.5 Å². The molecule has 0 aliphatic carbocycles. The van der Waals surface area contributed by atoms with E-state index in [-0.39, 0.29) is 12.5 Å². The summed E-state index contributed by atoms with van der Waals surface area (Å²) in [6.07, 6.45) is 0. The summed E-state index contributed by atoms with van der Waals surface area (Å²) in [4.78, 5) is 0. The number of hydrogen-bond donors (Lipinski definition) is 1. The Morgan fingerprint density at radius 2 is 2.09 bits per heavy atom. The van der Waals surface area contributed by atoms with Gasteiger partial charge in [-0.25, -0.2) is 9.04 Å². The Bertz CT molecular complexity index is 833. The number of aromatic nitrogens is 4. The van der Waals surface area contributed by atoms with E-state index in [4.69, 9.17) is 20.6 Å². The summed E-state index contributed by atoms with van der Waals surface area (Å²) in [5, 5.41) is 11.8. The second-order valence-electron chi connectivity index (χ2n) is 5.09. The van der Waals surface area contributed by atoms with E-state index in [1.165, 1.54) is 0 Å². The fourth-order valence-corrected chi connectivity index (χ4v) is 2.95. The first-order chi connectivity index (χ1) is 11.1. The highest BCUT2D eigenvalue weighted by atomic mass is 35.5. The summed E-state index contributed by atoms with van der Waals surface area (Å²) >= 11 is 6.12. The number of aryl methyl sites for hydroxylation is 1. The summed E-state index contributed by atoms with van der Waals surface area (Å²) in [5.74, 6) is 1.01. The molecule has 0 fully saturated rings. The van der Waals surface area contributed by atoms with Crippen molar-refractivity contribution in [3.05, 3.63) is 46.9 Å². The molecule has 0 aliphatic heterocycles. The highest BCUT2D eigenvalue weighted by Crippen LogP contribution is 2.30. The predicted molar refractivity (Wildman–Crippen MR) is 86.1 cm³/mol. The van der Waals surface area contributed by atoms with Gasteiger partial charge in [-0.15, -0.1) is 14.7 Å². The molecule has 1 N–H and O–H groups in total. The maximum absolute atomic E-state index is 11.8. The molecule has 120 valence electrons. The third-order valence-electron chi connectivity index (χ3n) is 3.29. The van der Waals surface area contributed by atoms with E-state index in [1.54, 1.807) is 28.8 Å². The maximum Gasteiger partial charge on any atom is 0.750 e. The van der Waals surface area contributed by atoms with Gasteiger partial charge in [-0.3, -0.25) is 5.10 Å². The van der Waals surface area contributed by atoms with Crippen LogP contribution >= 0.6 is 19.9 Å². The fourth-order valence-electron chi connectivity index (χ4n) is 2.09. The molecule has 23 heavy (non-hydrogen) atoms. The molecule has 0 saturated carbocycles. The normalized spacial score (nSPS) is 13.3. The predicted octanol–water partition coefficient (Wildman–Crippen LogP) is 3.88. The molecule has 3 rings (SSSR count). The lowest BCUT2D eigenvalue weighted by Gasteiger charge is -2.03. The van der Waals surface area contributed by atoms with Gasteiger partial charge in [-0.2, -0.15) is 0 Å². The topological polar surface area (TPSA) is 81.5 Å². The molecule has 0 bridgehead atoms. The molecule has 0 amide bonds. The average Bonchev–Trinajstić information content (AvgIpc) is 3.07. The number of aromatic amines is 1. The molecule has 0 radical (unpaired) electrons. The van der Waals surface area contributed by atoms with Crippen molar-refractivity contribution in [3.63, 3.8) is 0 Å². The van der Waals surface area contributed by atoms with Gasteiger partial charge in [-0.05, 0) is 19.1 Å². The van der Waals surface area contributed by atoms with Crippen molar-refractivity contribution in [2.75, 3.05) is 6.61 Å². The quantitative estimate of drug-likeness (QED) is 0.680. The van der Waals surface area contributed by atoms with E-state index in [1.807, 2.05) is 19.9 Å². The first kappa shape index (κ1) is 15.9. The minimum absolute atomic E-state index is 0.141. The monoisotopic (exact) mass is 353 g/mol. The van der Waals surface area contributed by atoms with E-state index in [2.05, 4.69) is 15.3 Å². The molecule has 9 heteroatoms. The Morgan fingerprint density at radius 1 is 1.35 bits per heavy atom. The van der Waals surface area contributed by atoms with Crippen LogP contribution in [0.4, 0.5) is 0 Å². The Hall–Kier alpha value is -1.95. The minimum Gasteiger partial charge on any atom is -0.294 e. The molecule has 0 saturated heterocycles. The van der Waals surface area contributed by atoms with Crippen LogP contribution in [-0.4, -0.2) is 26.4 Å². The first-order valence-corrected chi connectivity index (χ1v) is 8.46. The molecule has 1 aromatic carbocycles. The number of fused-ring (bicyclic) bond motifs is 1. The number of halogens is 1. The number of nitrogens with zero attached hydrogens (tertiary/aromatic N) is 3. The summed E-state index contributed by atoms with van der Waals surface area (Å²) in [6.45, 7) is 3.93. The number of rotatable bonds is 6. The fraction of sp³-hybridized carbons (Fsp3) is 0.286. The van der Waals surface area contributed by atoms with Crippen LogP contribution in [0, 0.1) is 6.92 Å². The summed E-state index contributed by atoms with van der Waals surface area (Å²) in [5.41, 5.74) is 1.38. The van der Waals surface area contributed by atoms with Crippen LogP contribution in [0.3, 0.4) is 0 Å². The molecule has 2 unspecified atom stereocenters. The van der Waals surface area contributed by atoms with Crippen LogP contribution in [-0.2, 0) is 9.09 Å². The minimum atomic E-state index is -2.25. The standard InChI is InChI=1S/C14H15ClN4O3P/c1-9(8-21-23(20)22-11-6-4-3-5-7-11)13-16-17-14-12(15)10(2)18-19(13)14/h3-7,9,18H,8H2,1-2H3/q+1. The zero-order chi connectivity index (χ0) is 16.4. The van der Waals surface area contributed by atoms with Crippen LogP contribution in [0.5, 0.6) is 5.75 Å². The molecule has 2 aromatic heterocycles. The van der Waals surface area contributed by atoms with Gasteiger partial charge in [-0.1, -0.05) is 36.7 Å². The van der Waals surface area contributed by atoms with Crippen molar-refractivity contribution in [1.29, 1.82) is 0 Å². The molecular formula is C14H15ClN4O3P+. The zero-order valence-electron chi connectivity index (χ0n) is 12.6. The molecule has 0 aliphatic rings. The van der Waals surface area contributed by atoms with Crippen LogP contribution in [0.1, 0.15) is 24.4 Å². The van der Waals surface area contributed by atoms with E-state index in [0.29, 0.717) is 22.2 Å². The average molecular weight is 354 g/mol. The van der Waals surface area contributed by atoms with Crippen LogP contribution in [0.25, 0.3) is 5.65 Å². The molecule has 3 aromatic rings. The van der Waals surface area contributed by atoms with E-state index in [9.17, 15) is 4.57 Å². The summed E-state index contributed by atoms with van der Waals surface area (Å²) in [6, 6.07) is 8.87. The number of para-hydroxylation sites is 1. The molecule has 2 heterocycles. The summed E-state index contributed by atoms with van der Waals surface area (Å²) < 4.78 is 24.0. The second-order valence-corrected chi connectivity index (χ2v) is 6.36. The third-order valence-corrected chi connectivity index (χ3v) is 4.46. The van der Waals surface area contributed by atoms with Gasteiger partial charge in [0.2, 0.25) is 0 Å². The Balaban J connectivity index is 1.63. The van der Waals surface area contributed by atoms with Gasteiger partial charge in [0.15, 0.2) is 17.2 Å². The Kier molecular flexibility index (Phi) is 4.61. The molecule has 0 spiro atoms. The van der Waals surface area contributed by atoms with Crippen molar-refractivity contribution < 1.29 is 13.6 Å². The number of benzene rings is 1. The van der Waals surface area contributed by atoms with Crippen LogP contribution in [0.15, 0.2) is 30.3 Å². The SMILES string of the molecule is Cc1[nH]n2c(C(C)CO[P+](=O)Oc3ccccc3)nnc2c1Cl. The molecule has 2 atom stereocenters. The highest BCUT2D eigenvalue weighted by Gasteiger charge is 2.26. The third kappa shape index (κ3) is 3.37. The lowest BCUT2D eigenvalue weighted by molar-refractivity contribution is 0.266. The van der Waals surface area contributed by atoms with Crippen LogP contribution in [0.2, 0.25) is 5.02 Å².